The van der Waals surface area contributed by atoms with Gasteiger partial charge in [-0.15, -0.1) is 0 Å². The van der Waals surface area contributed by atoms with Crippen LogP contribution < -0.4 is 5.32 Å². The second kappa shape index (κ2) is 4.84. The zero-order valence-corrected chi connectivity index (χ0v) is 9.26. The van der Waals surface area contributed by atoms with E-state index >= 15 is 0 Å². The molecular weight excluding hydrogens is 190 g/mol. The number of Topliss-reactive ketones (excluding diaryl/α,β-unsaturated/α-hetero) is 1. The van der Waals surface area contributed by atoms with Crippen molar-refractivity contribution >= 4 is 12.1 Å². The van der Waals surface area contributed by atoms with Crippen LogP contribution in [0, 0.1) is 13.8 Å². The van der Waals surface area contributed by atoms with Crippen molar-refractivity contribution in [3.05, 3.63) is 34.4 Å². The highest BCUT2D eigenvalue weighted by Gasteiger charge is 2.11. The highest BCUT2D eigenvalue weighted by molar-refractivity contribution is 6.04. The number of rotatable bonds is 4. The first kappa shape index (κ1) is 11.6. The van der Waals surface area contributed by atoms with Gasteiger partial charge in [0.1, 0.15) is 0 Å². The van der Waals surface area contributed by atoms with Crippen LogP contribution in [0.5, 0.6) is 0 Å². The van der Waals surface area contributed by atoms with Crippen LogP contribution in [0.1, 0.15) is 31.8 Å². The molecule has 80 valence electrons. The second-order valence-corrected chi connectivity index (χ2v) is 3.60. The minimum atomic E-state index is -0.0531. The topological polar surface area (TPSA) is 46.2 Å². The Bertz CT molecular complexity index is 397. The average Bonchev–Trinajstić information content (AvgIpc) is 2.21. The summed E-state index contributed by atoms with van der Waals surface area (Å²) in [5.41, 5.74) is 3.03. The van der Waals surface area contributed by atoms with Gasteiger partial charge in [0.15, 0.2) is 12.1 Å². The van der Waals surface area contributed by atoms with E-state index < -0.39 is 0 Å². The van der Waals surface area contributed by atoms with Crippen LogP contribution in [0.2, 0.25) is 0 Å². The molecule has 0 atom stereocenters. The van der Waals surface area contributed by atoms with E-state index in [4.69, 9.17) is 0 Å². The zero-order chi connectivity index (χ0) is 11.4. The number of hydrogen-bond donors (Lipinski definition) is 1. The number of aryl methyl sites for hydroxylation is 2. The average molecular weight is 205 g/mol. The summed E-state index contributed by atoms with van der Waals surface area (Å²) in [4.78, 5) is 22.5. The Morgan fingerprint density at radius 2 is 1.93 bits per heavy atom. The quantitative estimate of drug-likeness (QED) is 0.598. The van der Waals surface area contributed by atoms with E-state index in [-0.39, 0.29) is 12.3 Å². The molecule has 1 aromatic carbocycles. The summed E-state index contributed by atoms with van der Waals surface area (Å²) in [6.45, 7) is 4.11. The van der Waals surface area contributed by atoms with Gasteiger partial charge in [0.25, 0.3) is 0 Å². The van der Waals surface area contributed by atoms with Crippen LogP contribution in [-0.4, -0.2) is 25.7 Å². The number of hydrogen-bond acceptors (Lipinski definition) is 3. The predicted molar refractivity (Wildman–Crippen MR) is 59.6 cm³/mol. The largest absolute Gasteiger partial charge is 0.313 e. The second-order valence-electron chi connectivity index (χ2n) is 3.60. The molecule has 0 amide bonds. The molecule has 0 spiro atoms. The lowest BCUT2D eigenvalue weighted by molar-refractivity contribution is 0.0986. The van der Waals surface area contributed by atoms with Gasteiger partial charge in [0, 0.05) is 11.1 Å². The Kier molecular flexibility index (Phi) is 3.74. The summed E-state index contributed by atoms with van der Waals surface area (Å²) < 4.78 is 0. The fraction of sp³-hybridized carbons (Fsp3) is 0.333. The molecule has 0 aliphatic heterocycles. The van der Waals surface area contributed by atoms with Crippen LogP contribution in [-0.2, 0) is 0 Å². The predicted octanol–water partition coefficient (Wildman–Crippen LogP) is 1.52. The number of nitrogens with one attached hydrogen (secondary N) is 1. The van der Waals surface area contributed by atoms with Crippen molar-refractivity contribution in [3.63, 3.8) is 0 Å². The first-order chi connectivity index (χ1) is 7.10. The molecule has 0 fully saturated rings. The number of carbonyl (C=O) groups is 2. The number of likely N-dealkylation sites (N-methyl/N-ethyl adjacent to an activating group) is 1. The van der Waals surface area contributed by atoms with Gasteiger partial charge in [-0.1, -0.05) is 0 Å². The molecule has 3 heteroatoms. The molecule has 15 heavy (non-hydrogen) atoms. The summed E-state index contributed by atoms with van der Waals surface area (Å²) >= 11 is 0. The van der Waals surface area contributed by atoms with E-state index in [1.165, 1.54) is 0 Å². The number of aldehydes is 1. The molecule has 0 aliphatic carbocycles. The van der Waals surface area contributed by atoms with Crippen molar-refractivity contribution in [3.8, 4) is 0 Å². The number of benzene rings is 1. The lowest BCUT2D eigenvalue weighted by Crippen LogP contribution is -2.20. The van der Waals surface area contributed by atoms with Crippen molar-refractivity contribution in [2.24, 2.45) is 0 Å². The molecule has 0 saturated heterocycles. The Hall–Kier alpha value is -1.48. The summed E-state index contributed by atoms with van der Waals surface area (Å²) in [6.07, 6.45) is 0.731. The molecule has 1 N–H and O–H groups in total. The lowest BCUT2D eigenvalue weighted by Gasteiger charge is -2.07. The molecular formula is C12H15NO2. The fourth-order valence-electron chi connectivity index (χ4n) is 1.43. The summed E-state index contributed by atoms with van der Waals surface area (Å²) in [6, 6.07) is 3.53. The van der Waals surface area contributed by atoms with Gasteiger partial charge < -0.3 is 5.32 Å². The molecule has 1 aromatic rings. The minimum Gasteiger partial charge on any atom is -0.313 e. The van der Waals surface area contributed by atoms with E-state index in [1.807, 2.05) is 13.8 Å². The molecule has 0 radical (unpaired) electrons. The van der Waals surface area contributed by atoms with Crippen LogP contribution in [0.3, 0.4) is 0 Å². The smallest absolute Gasteiger partial charge is 0.177 e. The van der Waals surface area contributed by atoms with Crippen molar-refractivity contribution in [1.82, 2.24) is 5.32 Å². The molecule has 0 bridgehead atoms. The fourth-order valence-corrected chi connectivity index (χ4v) is 1.43. The highest BCUT2D eigenvalue weighted by Crippen LogP contribution is 2.15. The standard InChI is InChI=1S/C12H15NO2/c1-8-4-10(7-14)11(5-9(8)2)12(15)6-13-3/h4-5,7,13H,6H2,1-3H3. The van der Waals surface area contributed by atoms with Crippen LogP contribution in [0.25, 0.3) is 0 Å². The Balaban J connectivity index is 3.21. The van der Waals surface area contributed by atoms with Crippen molar-refractivity contribution in [2.75, 3.05) is 13.6 Å². The summed E-state index contributed by atoms with van der Waals surface area (Å²) in [7, 11) is 1.71. The molecule has 0 saturated carbocycles. The Labute approximate surface area is 89.5 Å². The first-order valence-corrected chi connectivity index (χ1v) is 4.84. The minimum absolute atomic E-state index is 0.0531. The Morgan fingerprint density at radius 3 is 2.47 bits per heavy atom. The number of ketones is 1. The van der Waals surface area contributed by atoms with E-state index in [1.54, 1.807) is 19.2 Å². The first-order valence-electron chi connectivity index (χ1n) is 4.84. The third-order valence-corrected chi connectivity index (χ3v) is 2.43. The molecule has 0 aliphatic rings. The summed E-state index contributed by atoms with van der Waals surface area (Å²) in [5, 5.41) is 2.79. The lowest BCUT2D eigenvalue weighted by atomic mass is 9.98. The van der Waals surface area contributed by atoms with Crippen molar-refractivity contribution in [1.29, 1.82) is 0 Å². The van der Waals surface area contributed by atoms with Crippen LogP contribution >= 0.6 is 0 Å². The van der Waals surface area contributed by atoms with Crippen LogP contribution in [0.15, 0.2) is 12.1 Å². The molecule has 0 unspecified atom stereocenters. The third-order valence-electron chi connectivity index (χ3n) is 2.43. The van der Waals surface area contributed by atoms with Crippen molar-refractivity contribution in [2.45, 2.75) is 13.8 Å². The SMILES string of the molecule is CNCC(=O)c1cc(C)c(C)cc1C=O. The van der Waals surface area contributed by atoms with Gasteiger partial charge in [0.05, 0.1) is 6.54 Å². The zero-order valence-electron chi connectivity index (χ0n) is 9.26. The van der Waals surface area contributed by atoms with Gasteiger partial charge in [-0.05, 0) is 44.2 Å². The maximum Gasteiger partial charge on any atom is 0.177 e. The highest BCUT2D eigenvalue weighted by atomic mass is 16.1. The van der Waals surface area contributed by atoms with Gasteiger partial charge in [-0.25, -0.2) is 0 Å². The van der Waals surface area contributed by atoms with E-state index in [9.17, 15) is 9.59 Å². The maximum atomic E-state index is 11.7. The van der Waals surface area contributed by atoms with E-state index in [0.717, 1.165) is 17.4 Å². The van der Waals surface area contributed by atoms with Gasteiger partial charge in [0.2, 0.25) is 0 Å². The Morgan fingerprint density at radius 1 is 1.33 bits per heavy atom. The number of carbonyl (C=O) groups excluding carboxylic acids is 2. The molecule has 1 rings (SSSR count). The monoisotopic (exact) mass is 205 g/mol. The van der Waals surface area contributed by atoms with Crippen molar-refractivity contribution < 1.29 is 9.59 Å². The van der Waals surface area contributed by atoms with Gasteiger partial charge in [-0.3, -0.25) is 9.59 Å². The summed E-state index contributed by atoms with van der Waals surface area (Å²) in [5.74, 6) is -0.0531. The van der Waals surface area contributed by atoms with E-state index in [0.29, 0.717) is 11.1 Å². The van der Waals surface area contributed by atoms with Gasteiger partial charge in [-0.2, -0.15) is 0 Å². The van der Waals surface area contributed by atoms with Crippen LogP contribution in [0.4, 0.5) is 0 Å². The molecule has 3 nitrogen and oxygen atoms in total. The van der Waals surface area contributed by atoms with Gasteiger partial charge >= 0.3 is 0 Å². The molecule has 0 aromatic heterocycles. The molecule has 0 heterocycles. The normalized spacial score (nSPS) is 10.1. The van der Waals surface area contributed by atoms with E-state index in [2.05, 4.69) is 5.32 Å². The maximum absolute atomic E-state index is 11.7. The third kappa shape index (κ3) is 2.50.